The molecule has 0 spiro atoms. The molecule has 2 N–H and O–H groups in total. The molecule has 1 aromatic carbocycles. The first-order chi connectivity index (χ1) is 8.35. The standard InChI is InChI=1S/C13H16N2O3/c1-13(2,3)18-15-12(17)9-5-4-8-7-11(16)14-10(8)6-9/h4-6H,7H2,1-3H3,(H,14,16)(H,15,17). The van der Waals surface area contributed by atoms with Crippen LogP contribution in [-0.4, -0.2) is 17.4 Å². The van der Waals surface area contributed by atoms with Gasteiger partial charge in [0.15, 0.2) is 0 Å². The molecule has 1 aliphatic heterocycles. The molecule has 0 fully saturated rings. The second-order valence-electron chi connectivity index (χ2n) is 5.24. The number of rotatable bonds is 2. The van der Waals surface area contributed by atoms with Gasteiger partial charge in [0.05, 0.1) is 12.0 Å². The number of carbonyl (C=O) groups excluding carboxylic acids is 2. The Kier molecular flexibility index (Phi) is 3.09. The average Bonchev–Trinajstić information content (AvgIpc) is 2.63. The molecular weight excluding hydrogens is 232 g/mol. The van der Waals surface area contributed by atoms with E-state index in [4.69, 9.17) is 4.84 Å². The average molecular weight is 248 g/mol. The lowest BCUT2D eigenvalue weighted by Crippen LogP contribution is -2.33. The van der Waals surface area contributed by atoms with E-state index in [-0.39, 0.29) is 11.8 Å². The number of fused-ring (bicyclic) bond motifs is 1. The smallest absolute Gasteiger partial charge is 0.274 e. The second-order valence-corrected chi connectivity index (χ2v) is 5.24. The van der Waals surface area contributed by atoms with Gasteiger partial charge in [-0.05, 0) is 38.5 Å². The fourth-order valence-electron chi connectivity index (χ4n) is 1.61. The number of hydroxylamine groups is 1. The molecule has 0 aromatic heterocycles. The van der Waals surface area contributed by atoms with Crippen molar-refractivity contribution >= 4 is 17.5 Å². The van der Waals surface area contributed by atoms with E-state index in [0.717, 1.165) is 5.56 Å². The van der Waals surface area contributed by atoms with Crippen molar-refractivity contribution in [2.75, 3.05) is 5.32 Å². The summed E-state index contributed by atoms with van der Waals surface area (Å²) >= 11 is 0. The highest BCUT2D eigenvalue weighted by atomic mass is 16.7. The van der Waals surface area contributed by atoms with Crippen molar-refractivity contribution in [3.63, 3.8) is 0 Å². The molecule has 0 saturated heterocycles. The van der Waals surface area contributed by atoms with Crippen LogP contribution in [0.2, 0.25) is 0 Å². The van der Waals surface area contributed by atoms with E-state index in [1.54, 1.807) is 18.2 Å². The van der Waals surface area contributed by atoms with E-state index in [0.29, 0.717) is 17.7 Å². The molecular formula is C13H16N2O3. The topological polar surface area (TPSA) is 67.4 Å². The van der Waals surface area contributed by atoms with Crippen LogP contribution in [0.3, 0.4) is 0 Å². The maximum absolute atomic E-state index is 11.8. The Bertz CT molecular complexity index is 503. The van der Waals surface area contributed by atoms with E-state index in [1.807, 2.05) is 20.8 Å². The number of nitrogens with one attached hydrogen (secondary N) is 2. The minimum absolute atomic E-state index is 0.0477. The summed E-state index contributed by atoms with van der Waals surface area (Å²) in [5, 5.41) is 2.71. The summed E-state index contributed by atoms with van der Waals surface area (Å²) < 4.78 is 0. The van der Waals surface area contributed by atoms with E-state index < -0.39 is 5.60 Å². The van der Waals surface area contributed by atoms with Gasteiger partial charge in [0.2, 0.25) is 5.91 Å². The van der Waals surface area contributed by atoms with Crippen LogP contribution in [0.15, 0.2) is 18.2 Å². The normalized spacial score (nSPS) is 14.1. The molecule has 0 unspecified atom stereocenters. The molecule has 1 heterocycles. The minimum atomic E-state index is -0.444. The highest BCUT2D eigenvalue weighted by Gasteiger charge is 2.20. The largest absolute Gasteiger partial charge is 0.326 e. The Labute approximate surface area is 105 Å². The molecule has 18 heavy (non-hydrogen) atoms. The fraction of sp³-hybridized carbons (Fsp3) is 0.385. The first-order valence-electron chi connectivity index (χ1n) is 5.76. The summed E-state index contributed by atoms with van der Waals surface area (Å²) in [5.74, 6) is -0.373. The Morgan fingerprint density at radius 2 is 2.11 bits per heavy atom. The number of carbonyl (C=O) groups is 2. The predicted molar refractivity (Wildman–Crippen MR) is 67.1 cm³/mol. The minimum Gasteiger partial charge on any atom is -0.326 e. The quantitative estimate of drug-likeness (QED) is 0.782. The SMILES string of the molecule is CC(C)(C)ONC(=O)c1ccc2c(c1)NC(=O)C2. The third kappa shape index (κ3) is 2.87. The second kappa shape index (κ2) is 4.42. The van der Waals surface area contributed by atoms with Crippen molar-refractivity contribution in [2.45, 2.75) is 32.8 Å². The maximum atomic E-state index is 11.8. The molecule has 5 nitrogen and oxygen atoms in total. The molecule has 0 bridgehead atoms. The van der Waals surface area contributed by atoms with E-state index in [1.165, 1.54) is 0 Å². The molecule has 96 valence electrons. The molecule has 1 aromatic rings. The predicted octanol–water partition coefficient (Wildman–Crippen LogP) is 1.64. The van der Waals surface area contributed by atoms with Gasteiger partial charge in [-0.25, -0.2) is 5.48 Å². The zero-order chi connectivity index (χ0) is 13.3. The zero-order valence-corrected chi connectivity index (χ0v) is 10.7. The number of hydrogen-bond acceptors (Lipinski definition) is 3. The van der Waals surface area contributed by atoms with Crippen molar-refractivity contribution in [1.82, 2.24) is 5.48 Å². The van der Waals surface area contributed by atoms with Gasteiger partial charge in [-0.1, -0.05) is 6.07 Å². The third-order valence-electron chi connectivity index (χ3n) is 2.45. The Morgan fingerprint density at radius 3 is 2.78 bits per heavy atom. The van der Waals surface area contributed by atoms with Gasteiger partial charge in [0.25, 0.3) is 5.91 Å². The van der Waals surface area contributed by atoms with Crippen LogP contribution in [0.25, 0.3) is 0 Å². The number of benzene rings is 1. The third-order valence-corrected chi connectivity index (χ3v) is 2.45. The van der Waals surface area contributed by atoms with Crippen molar-refractivity contribution in [1.29, 1.82) is 0 Å². The molecule has 5 heteroatoms. The molecule has 2 amide bonds. The van der Waals surface area contributed by atoms with Crippen LogP contribution in [0.4, 0.5) is 5.69 Å². The van der Waals surface area contributed by atoms with Crippen molar-refractivity contribution in [3.05, 3.63) is 29.3 Å². The molecule has 2 rings (SSSR count). The van der Waals surface area contributed by atoms with Gasteiger partial charge in [-0.15, -0.1) is 0 Å². The molecule has 0 saturated carbocycles. The van der Waals surface area contributed by atoms with E-state index in [2.05, 4.69) is 10.8 Å². The highest BCUT2D eigenvalue weighted by Crippen LogP contribution is 2.24. The van der Waals surface area contributed by atoms with Crippen LogP contribution < -0.4 is 10.8 Å². The Balaban J connectivity index is 2.08. The lowest BCUT2D eigenvalue weighted by molar-refractivity contribution is -0.115. The summed E-state index contributed by atoms with van der Waals surface area (Å²) in [6.07, 6.45) is 0.371. The molecule has 0 atom stereocenters. The first kappa shape index (κ1) is 12.6. The lowest BCUT2D eigenvalue weighted by atomic mass is 10.1. The van der Waals surface area contributed by atoms with Crippen LogP contribution >= 0.6 is 0 Å². The van der Waals surface area contributed by atoms with Crippen LogP contribution in [0.5, 0.6) is 0 Å². The monoisotopic (exact) mass is 248 g/mol. The maximum Gasteiger partial charge on any atom is 0.274 e. The summed E-state index contributed by atoms with van der Waals surface area (Å²) in [6, 6.07) is 5.11. The molecule has 0 radical (unpaired) electrons. The van der Waals surface area contributed by atoms with Gasteiger partial charge < -0.3 is 5.32 Å². The molecule has 0 aliphatic carbocycles. The zero-order valence-electron chi connectivity index (χ0n) is 10.7. The number of amides is 2. The highest BCUT2D eigenvalue weighted by molar-refractivity contribution is 6.02. The first-order valence-corrected chi connectivity index (χ1v) is 5.76. The van der Waals surface area contributed by atoms with E-state index >= 15 is 0 Å². The van der Waals surface area contributed by atoms with Crippen molar-refractivity contribution in [3.8, 4) is 0 Å². The van der Waals surface area contributed by atoms with Crippen LogP contribution in [-0.2, 0) is 16.1 Å². The van der Waals surface area contributed by atoms with Crippen LogP contribution in [0, 0.1) is 0 Å². The van der Waals surface area contributed by atoms with Gasteiger partial charge in [-0.2, -0.15) is 0 Å². The van der Waals surface area contributed by atoms with Crippen molar-refractivity contribution in [2.24, 2.45) is 0 Å². The Hall–Kier alpha value is -1.88. The summed E-state index contributed by atoms with van der Waals surface area (Å²) in [4.78, 5) is 28.2. The Morgan fingerprint density at radius 1 is 1.39 bits per heavy atom. The van der Waals surface area contributed by atoms with Gasteiger partial charge >= 0.3 is 0 Å². The number of hydrogen-bond donors (Lipinski definition) is 2. The van der Waals surface area contributed by atoms with Gasteiger partial charge in [-0.3, -0.25) is 14.4 Å². The van der Waals surface area contributed by atoms with E-state index in [9.17, 15) is 9.59 Å². The molecule has 1 aliphatic rings. The summed E-state index contributed by atoms with van der Waals surface area (Å²) in [6.45, 7) is 5.53. The van der Waals surface area contributed by atoms with Gasteiger partial charge in [0, 0.05) is 11.3 Å². The number of anilines is 1. The lowest BCUT2D eigenvalue weighted by Gasteiger charge is -2.19. The van der Waals surface area contributed by atoms with Crippen molar-refractivity contribution < 1.29 is 14.4 Å². The van der Waals surface area contributed by atoms with Gasteiger partial charge in [0.1, 0.15) is 0 Å². The summed E-state index contributed by atoms with van der Waals surface area (Å²) in [7, 11) is 0. The fourth-order valence-corrected chi connectivity index (χ4v) is 1.61. The summed E-state index contributed by atoms with van der Waals surface area (Å²) in [5.41, 5.74) is 4.01. The van der Waals surface area contributed by atoms with Crippen LogP contribution in [0.1, 0.15) is 36.7 Å².